The van der Waals surface area contributed by atoms with E-state index in [0.29, 0.717) is 32.0 Å². The summed E-state index contributed by atoms with van der Waals surface area (Å²) in [6.07, 6.45) is 6.90. The van der Waals surface area contributed by atoms with Gasteiger partial charge in [-0.15, -0.1) is 6.42 Å². The van der Waals surface area contributed by atoms with E-state index in [4.69, 9.17) is 28.1 Å². The van der Waals surface area contributed by atoms with Crippen molar-refractivity contribution >= 4 is 62.1 Å². The lowest BCUT2D eigenvalue weighted by molar-refractivity contribution is -0.123. The van der Waals surface area contributed by atoms with Crippen molar-refractivity contribution in [3.8, 4) is 23.8 Å². The van der Waals surface area contributed by atoms with Gasteiger partial charge in [-0.1, -0.05) is 35.9 Å². The fourth-order valence-corrected chi connectivity index (χ4v) is 4.30. The van der Waals surface area contributed by atoms with E-state index < -0.39 is 11.8 Å². The molecule has 6 nitrogen and oxygen atoms in total. The number of carbonyl (C=O) groups excluding carboxylic acids is 2. The molecular weight excluding hydrogens is 488 g/mol. The maximum absolute atomic E-state index is 12.8. The van der Waals surface area contributed by atoms with Gasteiger partial charge in [0.2, 0.25) is 0 Å². The van der Waals surface area contributed by atoms with Crippen LogP contribution >= 0.6 is 39.9 Å². The molecule has 0 spiro atoms. The topological polar surface area (TPSA) is 67.9 Å². The third-order valence-corrected chi connectivity index (χ3v) is 5.78. The predicted molar refractivity (Wildman–Crippen MR) is 124 cm³/mol. The number of thiocarbonyl (C=S) groups is 1. The quantitative estimate of drug-likeness (QED) is 0.365. The van der Waals surface area contributed by atoms with Crippen LogP contribution in [0.1, 0.15) is 15.9 Å². The molecule has 0 saturated carbocycles. The first-order valence-electron chi connectivity index (χ1n) is 8.52. The van der Waals surface area contributed by atoms with Crippen molar-refractivity contribution in [1.82, 2.24) is 10.4 Å². The Morgan fingerprint density at radius 3 is 2.77 bits per heavy atom. The molecule has 0 bridgehead atoms. The van der Waals surface area contributed by atoms with Crippen LogP contribution in [0, 0.1) is 12.3 Å². The van der Waals surface area contributed by atoms with Crippen molar-refractivity contribution in [2.75, 3.05) is 13.7 Å². The molecule has 1 heterocycles. The molecule has 1 aliphatic rings. The third kappa shape index (κ3) is 4.84. The number of hydrogen-bond acceptors (Lipinski definition) is 6. The Kier molecular flexibility index (Phi) is 7.15. The zero-order valence-electron chi connectivity index (χ0n) is 15.7. The largest absolute Gasteiger partial charge is 0.493 e. The first kappa shape index (κ1) is 21.9. The molecule has 152 valence electrons. The van der Waals surface area contributed by atoms with Crippen molar-refractivity contribution < 1.29 is 19.1 Å². The number of nitrogens with zero attached hydrogens (tertiary/aromatic N) is 1. The highest BCUT2D eigenvalue weighted by atomic mass is 79.9. The van der Waals surface area contributed by atoms with Crippen LogP contribution in [-0.2, 0) is 4.79 Å². The number of hydrogen-bond donors (Lipinski definition) is 1. The highest BCUT2D eigenvalue weighted by molar-refractivity contribution is 9.10. The van der Waals surface area contributed by atoms with Gasteiger partial charge in [-0.2, -0.15) is 5.01 Å². The molecule has 1 N–H and O–H groups in total. The molecule has 0 radical (unpaired) electrons. The molecule has 0 aliphatic carbocycles. The lowest BCUT2D eigenvalue weighted by Crippen LogP contribution is -2.44. The van der Waals surface area contributed by atoms with E-state index in [9.17, 15) is 9.59 Å². The summed E-state index contributed by atoms with van der Waals surface area (Å²) in [5.74, 6) is 2.48. The number of terminal acetylenes is 1. The number of ether oxygens (including phenoxy) is 2. The zero-order valence-corrected chi connectivity index (χ0v) is 18.9. The predicted octanol–water partition coefficient (Wildman–Crippen LogP) is 4.02. The normalized spacial score (nSPS) is 14.6. The zero-order chi connectivity index (χ0) is 21.7. The summed E-state index contributed by atoms with van der Waals surface area (Å²) < 4.78 is 11.7. The first-order chi connectivity index (χ1) is 14.4. The average Bonchev–Trinajstić information content (AvgIpc) is 3.00. The highest BCUT2D eigenvalue weighted by Crippen LogP contribution is 2.39. The van der Waals surface area contributed by atoms with Gasteiger partial charge in [-0.05, 0) is 64.1 Å². The second-order valence-electron chi connectivity index (χ2n) is 5.85. The number of rotatable bonds is 6. The number of carbonyl (C=O) groups is 2. The van der Waals surface area contributed by atoms with Gasteiger partial charge in [0, 0.05) is 5.56 Å². The van der Waals surface area contributed by atoms with Crippen molar-refractivity contribution in [1.29, 1.82) is 0 Å². The van der Waals surface area contributed by atoms with Gasteiger partial charge in [-0.25, -0.2) is 0 Å². The Bertz CT molecular complexity index is 1080. The summed E-state index contributed by atoms with van der Waals surface area (Å²) in [6, 6.07) is 12.1. The van der Waals surface area contributed by atoms with Crippen molar-refractivity contribution in [3.63, 3.8) is 0 Å². The summed E-state index contributed by atoms with van der Waals surface area (Å²) in [7, 11) is 1.51. The standard InChI is InChI=1S/C21H15BrN2O4S2/c1-3-9-28-18-15(22)10-13(11-16(18)27-2)12-17-20(26)24(21(29)30-17)23-19(25)14-7-5-4-6-8-14/h1,4-8,10-12H,9H2,2H3,(H,23,25). The molecule has 30 heavy (non-hydrogen) atoms. The van der Waals surface area contributed by atoms with Gasteiger partial charge in [0.15, 0.2) is 15.8 Å². The van der Waals surface area contributed by atoms with E-state index in [-0.39, 0.29) is 10.9 Å². The molecule has 1 aliphatic heterocycles. The molecule has 3 rings (SSSR count). The van der Waals surface area contributed by atoms with Crippen LogP contribution in [-0.4, -0.2) is 34.9 Å². The van der Waals surface area contributed by atoms with Crippen LogP contribution in [0.5, 0.6) is 11.5 Å². The van der Waals surface area contributed by atoms with Crippen molar-refractivity contribution in [2.24, 2.45) is 0 Å². The summed E-state index contributed by atoms with van der Waals surface area (Å²) in [4.78, 5) is 25.5. The molecule has 0 aromatic heterocycles. The third-order valence-electron chi connectivity index (χ3n) is 3.89. The van der Waals surface area contributed by atoms with Crippen LogP contribution in [0.25, 0.3) is 6.08 Å². The fourth-order valence-electron chi connectivity index (χ4n) is 2.55. The van der Waals surface area contributed by atoms with Crippen molar-refractivity contribution in [2.45, 2.75) is 0 Å². The number of amides is 2. The molecule has 2 aromatic rings. The molecule has 1 saturated heterocycles. The van der Waals surface area contributed by atoms with Crippen LogP contribution in [0.2, 0.25) is 0 Å². The van der Waals surface area contributed by atoms with Gasteiger partial charge in [-0.3, -0.25) is 15.0 Å². The minimum absolute atomic E-state index is 0.0913. The molecular formula is C21H15BrN2O4S2. The second kappa shape index (κ2) is 9.80. The number of nitrogens with one attached hydrogen (secondary N) is 1. The van der Waals surface area contributed by atoms with Crippen LogP contribution < -0.4 is 14.9 Å². The minimum Gasteiger partial charge on any atom is -0.493 e. The lowest BCUT2D eigenvalue weighted by atomic mass is 10.2. The summed E-state index contributed by atoms with van der Waals surface area (Å²) >= 11 is 9.78. The molecule has 9 heteroatoms. The van der Waals surface area contributed by atoms with E-state index in [2.05, 4.69) is 27.3 Å². The molecule has 2 amide bonds. The Labute approximate surface area is 191 Å². The Morgan fingerprint density at radius 2 is 2.10 bits per heavy atom. The summed E-state index contributed by atoms with van der Waals surface area (Å²) in [6.45, 7) is 0.0913. The van der Waals surface area contributed by atoms with E-state index in [0.717, 1.165) is 16.8 Å². The molecule has 1 fully saturated rings. The lowest BCUT2D eigenvalue weighted by Gasteiger charge is -2.15. The number of halogens is 1. The Balaban J connectivity index is 1.82. The van der Waals surface area contributed by atoms with Crippen LogP contribution in [0.4, 0.5) is 0 Å². The fraction of sp³-hybridized carbons (Fsp3) is 0.0952. The van der Waals surface area contributed by atoms with E-state index in [1.165, 1.54) is 7.11 Å². The van der Waals surface area contributed by atoms with Crippen LogP contribution in [0.3, 0.4) is 0 Å². The maximum Gasteiger partial charge on any atom is 0.285 e. The molecule has 2 aromatic carbocycles. The molecule has 0 atom stereocenters. The minimum atomic E-state index is -0.424. The van der Waals surface area contributed by atoms with E-state index >= 15 is 0 Å². The first-order valence-corrected chi connectivity index (χ1v) is 10.5. The average molecular weight is 503 g/mol. The van der Waals surface area contributed by atoms with E-state index in [1.54, 1.807) is 48.5 Å². The van der Waals surface area contributed by atoms with Gasteiger partial charge < -0.3 is 9.47 Å². The maximum atomic E-state index is 12.8. The van der Waals surface area contributed by atoms with Crippen molar-refractivity contribution in [3.05, 3.63) is 63.0 Å². The Morgan fingerprint density at radius 1 is 1.37 bits per heavy atom. The second-order valence-corrected chi connectivity index (χ2v) is 8.38. The number of methoxy groups -OCH3 is 1. The monoisotopic (exact) mass is 502 g/mol. The van der Waals surface area contributed by atoms with Gasteiger partial charge in [0.05, 0.1) is 16.5 Å². The Hall–Kier alpha value is -2.80. The van der Waals surface area contributed by atoms with Gasteiger partial charge >= 0.3 is 0 Å². The van der Waals surface area contributed by atoms with Crippen LogP contribution in [0.15, 0.2) is 51.8 Å². The molecule has 0 unspecified atom stereocenters. The van der Waals surface area contributed by atoms with Gasteiger partial charge in [0.25, 0.3) is 11.8 Å². The summed E-state index contributed by atoms with van der Waals surface area (Å²) in [5, 5.41) is 1.07. The van der Waals surface area contributed by atoms with E-state index in [1.807, 2.05) is 0 Å². The smallest absolute Gasteiger partial charge is 0.285 e. The number of thioether (sulfide) groups is 1. The number of hydrazine groups is 1. The number of benzene rings is 2. The van der Waals surface area contributed by atoms with Gasteiger partial charge in [0.1, 0.15) is 6.61 Å². The SMILES string of the molecule is C#CCOc1c(Br)cc(C=C2SC(=S)N(NC(=O)c3ccccc3)C2=O)cc1OC. The summed E-state index contributed by atoms with van der Waals surface area (Å²) in [5.41, 5.74) is 3.65. The highest BCUT2D eigenvalue weighted by Gasteiger charge is 2.33.